The first-order valence-corrected chi connectivity index (χ1v) is 11.6. The van der Waals surface area contributed by atoms with E-state index >= 15 is 0 Å². The monoisotopic (exact) mass is 416 g/mol. The molecule has 0 heterocycles. The van der Waals surface area contributed by atoms with E-state index in [-0.39, 0.29) is 16.6 Å². The molecule has 0 radical (unpaired) electrons. The zero-order valence-electron chi connectivity index (χ0n) is 13.3. The van der Waals surface area contributed by atoms with Crippen molar-refractivity contribution in [2.75, 3.05) is 5.75 Å². The van der Waals surface area contributed by atoms with Gasteiger partial charge in [-0.25, -0.2) is 4.57 Å². The van der Waals surface area contributed by atoms with Gasteiger partial charge in [-0.2, -0.15) is 0 Å². The minimum Gasteiger partial charge on any atom is -0.415 e. The number of ketones is 1. The molecule has 1 N–H and O–H groups in total. The Morgan fingerprint density at radius 1 is 1.12 bits per heavy atom. The molecule has 1 atom stereocenters. The molecule has 0 saturated heterocycles. The summed E-state index contributed by atoms with van der Waals surface area (Å²) in [5.41, 5.74) is 2.25. The second-order valence-electron chi connectivity index (χ2n) is 5.59. The molecule has 0 bridgehead atoms. The van der Waals surface area contributed by atoms with Crippen LogP contribution in [0.4, 0.5) is 0 Å². The summed E-state index contributed by atoms with van der Waals surface area (Å²) in [4.78, 5) is 22.5. The van der Waals surface area contributed by atoms with E-state index in [1.54, 1.807) is 24.3 Å². The molecule has 0 aromatic heterocycles. The fourth-order valence-corrected chi connectivity index (χ4v) is 5.60. The molecule has 0 aliphatic heterocycles. The molecule has 2 aromatic carbocycles. The van der Waals surface area contributed by atoms with Crippen molar-refractivity contribution in [3.63, 3.8) is 0 Å². The molecule has 0 fully saturated rings. The molecule has 1 aliphatic carbocycles. The Balaban J connectivity index is 1.93. The van der Waals surface area contributed by atoms with Crippen molar-refractivity contribution in [1.82, 2.24) is 0 Å². The van der Waals surface area contributed by atoms with E-state index in [0.717, 1.165) is 24.2 Å². The van der Waals surface area contributed by atoms with Crippen molar-refractivity contribution in [3.05, 3.63) is 51.5 Å². The van der Waals surface area contributed by atoms with Crippen LogP contribution >= 0.6 is 41.4 Å². The Bertz CT molecular complexity index is 900. The maximum absolute atomic E-state index is 12.6. The van der Waals surface area contributed by atoms with Crippen molar-refractivity contribution >= 4 is 47.2 Å². The molecule has 0 spiro atoms. The minimum atomic E-state index is -3.90. The second-order valence-corrected chi connectivity index (χ2v) is 10.4. The van der Waals surface area contributed by atoms with Crippen molar-refractivity contribution < 1.29 is 18.8 Å². The van der Waals surface area contributed by atoms with Gasteiger partial charge in [-0.1, -0.05) is 36.5 Å². The third-order valence-electron chi connectivity index (χ3n) is 3.80. The van der Waals surface area contributed by atoms with Crippen LogP contribution < -0.4 is 4.52 Å². The number of fused-ring (bicyclic) bond motifs is 3. The molecular formula is C17H15Cl2O4PS. The Morgan fingerprint density at radius 2 is 1.84 bits per heavy atom. The standard InChI is InChI=1S/C17H15Cl2O4PS/c1-2-3-6-25-24(21,22)23-16-9-14-13(8-15(16)19)12-7-10(18)4-5-11(12)17(14)20/h4-5,7-9H,2-3,6H2,1H3,(H,21,22). The van der Waals surface area contributed by atoms with Crippen LogP contribution in [0, 0.1) is 0 Å². The summed E-state index contributed by atoms with van der Waals surface area (Å²) >= 11 is 13.1. The number of rotatable bonds is 6. The number of unbranched alkanes of at least 4 members (excludes halogenated alkanes) is 1. The molecule has 132 valence electrons. The van der Waals surface area contributed by atoms with E-state index in [0.29, 0.717) is 33.0 Å². The highest BCUT2D eigenvalue weighted by atomic mass is 35.5. The zero-order valence-corrected chi connectivity index (χ0v) is 16.5. The molecule has 4 nitrogen and oxygen atoms in total. The van der Waals surface area contributed by atoms with Crippen molar-refractivity contribution in [1.29, 1.82) is 0 Å². The maximum Gasteiger partial charge on any atom is 0.437 e. The van der Waals surface area contributed by atoms with Crippen LogP contribution in [0.1, 0.15) is 35.7 Å². The maximum atomic E-state index is 12.6. The largest absolute Gasteiger partial charge is 0.437 e. The van der Waals surface area contributed by atoms with E-state index in [4.69, 9.17) is 27.7 Å². The van der Waals surface area contributed by atoms with Crippen molar-refractivity contribution in [2.24, 2.45) is 0 Å². The van der Waals surface area contributed by atoms with Gasteiger partial charge in [-0.15, -0.1) is 0 Å². The average molecular weight is 417 g/mol. The van der Waals surface area contributed by atoms with Crippen LogP contribution in [0.5, 0.6) is 5.75 Å². The topological polar surface area (TPSA) is 63.6 Å². The van der Waals surface area contributed by atoms with E-state index in [2.05, 4.69) is 0 Å². The molecule has 0 saturated carbocycles. The predicted molar refractivity (Wildman–Crippen MR) is 103 cm³/mol. The Morgan fingerprint density at radius 3 is 2.56 bits per heavy atom. The summed E-state index contributed by atoms with van der Waals surface area (Å²) < 4.78 is 17.4. The summed E-state index contributed by atoms with van der Waals surface area (Å²) in [5, 5.41) is 0.688. The lowest BCUT2D eigenvalue weighted by molar-refractivity contribution is 0.104. The molecular weight excluding hydrogens is 402 g/mol. The molecule has 8 heteroatoms. The van der Waals surface area contributed by atoms with Crippen molar-refractivity contribution in [3.8, 4) is 16.9 Å². The van der Waals surface area contributed by atoms with Gasteiger partial charge in [0.15, 0.2) is 5.78 Å². The van der Waals surface area contributed by atoms with Gasteiger partial charge < -0.3 is 9.42 Å². The van der Waals surface area contributed by atoms with Crippen LogP contribution in [-0.4, -0.2) is 16.4 Å². The molecule has 1 aliphatic rings. The van der Waals surface area contributed by atoms with Gasteiger partial charge in [-0.05, 0) is 59.3 Å². The number of carbonyl (C=O) groups excluding carboxylic acids is 1. The number of halogens is 2. The second kappa shape index (κ2) is 7.34. The molecule has 3 rings (SSSR count). The first kappa shape index (κ1) is 18.8. The van der Waals surface area contributed by atoms with Gasteiger partial charge in [0, 0.05) is 21.9 Å². The highest BCUT2D eigenvalue weighted by molar-refractivity contribution is 8.54. The third kappa shape index (κ3) is 3.91. The van der Waals surface area contributed by atoms with Gasteiger partial charge in [0.25, 0.3) is 0 Å². The van der Waals surface area contributed by atoms with Crippen LogP contribution in [0.3, 0.4) is 0 Å². The third-order valence-corrected chi connectivity index (χ3v) is 7.30. The van der Waals surface area contributed by atoms with E-state index in [1.165, 1.54) is 6.07 Å². The predicted octanol–water partition coefficient (Wildman–Crippen LogP) is 6.22. The number of hydrogen-bond donors (Lipinski definition) is 1. The summed E-state index contributed by atoms with van der Waals surface area (Å²) in [6.45, 7) is -1.90. The molecule has 2 aromatic rings. The first-order valence-electron chi connectivity index (χ1n) is 7.67. The van der Waals surface area contributed by atoms with Crippen LogP contribution in [0.2, 0.25) is 10.0 Å². The van der Waals surface area contributed by atoms with Gasteiger partial charge >= 0.3 is 6.80 Å². The smallest absolute Gasteiger partial charge is 0.415 e. The summed E-state index contributed by atoms with van der Waals surface area (Å²) in [6.07, 6.45) is 1.73. The average Bonchev–Trinajstić information content (AvgIpc) is 2.80. The summed E-state index contributed by atoms with van der Waals surface area (Å²) in [6, 6.07) is 8.01. The lowest BCUT2D eigenvalue weighted by atomic mass is 10.1. The lowest BCUT2D eigenvalue weighted by Crippen LogP contribution is -1.97. The van der Waals surface area contributed by atoms with E-state index in [9.17, 15) is 14.3 Å². The number of hydrogen-bond acceptors (Lipinski definition) is 4. The number of carbonyl (C=O) groups is 1. The van der Waals surface area contributed by atoms with Gasteiger partial charge in [0.05, 0.1) is 5.02 Å². The van der Waals surface area contributed by atoms with Crippen LogP contribution in [0.15, 0.2) is 30.3 Å². The van der Waals surface area contributed by atoms with Crippen molar-refractivity contribution in [2.45, 2.75) is 19.8 Å². The summed E-state index contributed by atoms with van der Waals surface area (Å²) in [5.74, 6) is 0.354. The highest BCUT2D eigenvalue weighted by Gasteiger charge is 2.30. The zero-order chi connectivity index (χ0) is 18.2. The Kier molecular flexibility index (Phi) is 5.52. The van der Waals surface area contributed by atoms with E-state index in [1.807, 2.05) is 6.92 Å². The first-order chi connectivity index (χ1) is 11.8. The highest BCUT2D eigenvalue weighted by Crippen LogP contribution is 2.57. The SMILES string of the molecule is CCCCSP(=O)(O)Oc1cc2c(cc1Cl)-c1cc(Cl)ccc1C2=O. The van der Waals surface area contributed by atoms with Crippen LogP contribution in [0.25, 0.3) is 11.1 Å². The van der Waals surface area contributed by atoms with Gasteiger partial charge in [0.1, 0.15) is 5.75 Å². The van der Waals surface area contributed by atoms with Crippen LogP contribution in [-0.2, 0) is 4.57 Å². The fourth-order valence-electron chi connectivity index (χ4n) is 2.59. The van der Waals surface area contributed by atoms with Gasteiger partial charge in [-0.3, -0.25) is 4.79 Å². The quantitative estimate of drug-likeness (QED) is 0.381. The minimum absolute atomic E-state index is 0.0301. The molecule has 1 unspecified atom stereocenters. The van der Waals surface area contributed by atoms with E-state index < -0.39 is 6.80 Å². The molecule has 25 heavy (non-hydrogen) atoms. The molecule has 0 amide bonds. The lowest BCUT2D eigenvalue weighted by Gasteiger charge is -2.14. The Labute approximate surface area is 159 Å². The number of benzene rings is 2. The normalized spacial score (nSPS) is 14.8. The Hall–Kier alpha value is -0.970. The summed E-state index contributed by atoms with van der Waals surface area (Å²) in [7, 11) is 0. The van der Waals surface area contributed by atoms with Gasteiger partial charge in [0.2, 0.25) is 0 Å². The fraction of sp³-hybridized carbons (Fsp3) is 0.235.